The maximum Gasteiger partial charge on any atom is 0.316 e. The maximum atomic E-state index is 12.5. The molecule has 6 rings (SSSR count). The molecule has 0 aliphatic carbocycles. The third-order valence-electron chi connectivity index (χ3n) is 8.13. The van der Waals surface area contributed by atoms with Gasteiger partial charge in [0, 0.05) is 47.6 Å². The maximum absolute atomic E-state index is 12.5. The van der Waals surface area contributed by atoms with Gasteiger partial charge in [-0.25, -0.2) is 4.79 Å². The highest BCUT2D eigenvalue weighted by molar-refractivity contribution is 7.10. The van der Waals surface area contributed by atoms with Crippen molar-refractivity contribution in [3.8, 4) is 11.5 Å². The molecule has 1 N–H and O–H groups in total. The van der Waals surface area contributed by atoms with E-state index in [9.17, 15) is 4.79 Å². The van der Waals surface area contributed by atoms with Gasteiger partial charge in [0.05, 0.1) is 0 Å². The average molecular weight is 621 g/mol. The third kappa shape index (κ3) is 6.44. The molecule has 2 amide bonds. The lowest BCUT2D eigenvalue weighted by Gasteiger charge is -2.37. The van der Waals surface area contributed by atoms with Gasteiger partial charge in [-0.2, -0.15) is 0 Å². The van der Waals surface area contributed by atoms with Gasteiger partial charge in [-0.05, 0) is 58.6 Å². The summed E-state index contributed by atoms with van der Waals surface area (Å²) in [7, 11) is 3.49. The van der Waals surface area contributed by atoms with Gasteiger partial charge >= 0.3 is 6.03 Å². The smallest absolute Gasteiger partial charge is 0.316 e. The number of nitrogens with one attached hydrogen (secondary N) is 1. The van der Waals surface area contributed by atoms with Gasteiger partial charge < -0.3 is 19.7 Å². The zero-order valence-corrected chi connectivity index (χ0v) is 26.6. The number of nitrogens with zero attached hydrogens (tertiary/aromatic N) is 1. The molecule has 0 saturated heterocycles. The summed E-state index contributed by atoms with van der Waals surface area (Å²) < 4.78 is 14.1. The van der Waals surface area contributed by atoms with E-state index >= 15 is 0 Å². The van der Waals surface area contributed by atoms with Crippen molar-refractivity contribution in [1.82, 2.24) is 10.2 Å². The lowest BCUT2D eigenvalue weighted by molar-refractivity contribution is 0.0315. The van der Waals surface area contributed by atoms with Crippen LogP contribution in [0.5, 0.6) is 11.5 Å². The monoisotopic (exact) mass is 620 g/mol. The highest BCUT2D eigenvalue weighted by Crippen LogP contribution is 2.43. The van der Waals surface area contributed by atoms with Crippen molar-refractivity contribution >= 4 is 50.2 Å². The van der Waals surface area contributed by atoms with Crippen molar-refractivity contribution in [2.75, 3.05) is 20.6 Å². The number of carbonyl (C=O) groups is 1. The van der Waals surface area contributed by atoms with Crippen LogP contribution in [0.15, 0.2) is 120 Å². The van der Waals surface area contributed by atoms with E-state index in [-0.39, 0.29) is 12.1 Å². The minimum Gasteiger partial charge on any atom is -0.484 e. The lowest BCUT2D eigenvalue weighted by Crippen LogP contribution is -2.41. The summed E-state index contributed by atoms with van der Waals surface area (Å²) in [5.41, 5.74) is -0.696. The Morgan fingerprint density at radius 1 is 0.773 bits per heavy atom. The number of fused-ring (bicyclic) bond motifs is 2. The van der Waals surface area contributed by atoms with Crippen molar-refractivity contribution in [2.45, 2.75) is 31.0 Å². The normalized spacial score (nSPS) is 13.3. The van der Waals surface area contributed by atoms with Crippen LogP contribution in [0, 0.1) is 0 Å². The van der Waals surface area contributed by atoms with Crippen LogP contribution in [0.4, 0.5) is 4.79 Å². The van der Waals surface area contributed by atoms with E-state index in [0.717, 1.165) is 44.3 Å². The van der Waals surface area contributed by atoms with E-state index in [1.807, 2.05) is 25.2 Å². The largest absolute Gasteiger partial charge is 0.484 e. The lowest BCUT2D eigenvalue weighted by atomic mass is 9.89. The number of benzene rings is 4. The quantitative estimate of drug-likeness (QED) is 0.148. The van der Waals surface area contributed by atoms with E-state index in [1.54, 1.807) is 34.6 Å². The fourth-order valence-electron chi connectivity index (χ4n) is 5.75. The summed E-state index contributed by atoms with van der Waals surface area (Å²) in [5, 5.41) is 11.4. The molecule has 7 heteroatoms. The van der Waals surface area contributed by atoms with Crippen LogP contribution < -0.4 is 14.8 Å². The molecule has 44 heavy (non-hydrogen) atoms. The van der Waals surface area contributed by atoms with E-state index in [0.29, 0.717) is 19.4 Å². The summed E-state index contributed by atoms with van der Waals surface area (Å²) in [6.45, 7) is 0.524. The highest BCUT2D eigenvalue weighted by atomic mass is 32.1. The summed E-state index contributed by atoms with van der Waals surface area (Å²) in [5.74, 6) is 1.71. The first kappa shape index (κ1) is 29.7. The van der Waals surface area contributed by atoms with Crippen molar-refractivity contribution in [3.63, 3.8) is 0 Å². The molecule has 224 valence electrons. The minimum atomic E-state index is -0.696. The van der Waals surface area contributed by atoms with E-state index < -0.39 is 5.60 Å². The first-order valence-electron chi connectivity index (χ1n) is 14.9. The topological polar surface area (TPSA) is 50.8 Å². The highest BCUT2D eigenvalue weighted by Gasteiger charge is 2.38. The number of amides is 2. The molecule has 2 aromatic heterocycles. The third-order valence-corrected chi connectivity index (χ3v) is 10.1. The van der Waals surface area contributed by atoms with Crippen molar-refractivity contribution < 1.29 is 14.3 Å². The standard InChI is InChI=1S/C37H36N2O3S2/c1-38-36(40)39(2)24-23-37(35-20-10-26-44-35,42-32-18-8-14-28-12-4-6-16-30(28)32)22-21-33(34-19-9-25-43-34)41-31-17-7-13-27-11-3-5-15-29(27)31/h3-20,25-26,33H,21-24H2,1-2H3,(H,38,40)/t33-,37-/m1/s1. The zero-order valence-electron chi connectivity index (χ0n) is 24.9. The van der Waals surface area contributed by atoms with Crippen LogP contribution >= 0.6 is 22.7 Å². The molecule has 2 heterocycles. The molecule has 0 spiro atoms. The molecule has 0 radical (unpaired) electrons. The molecule has 5 nitrogen and oxygen atoms in total. The average Bonchev–Trinajstić information content (AvgIpc) is 3.81. The Labute approximate surface area is 266 Å². The minimum absolute atomic E-state index is 0.119. The molecule has 6 aromatic rings. The fourth-order valence-corrected chi connectivity index (χ4v) is 7.46. The molecule has 0 aliphatic heterocycles. The first-order valence-corrected chi connectivity index (χ1v) is 16.6. The number of thiophene rings is 2. The Bertz CT molecular complexity index is 1810. The fraction of sp³-hybridized carbons (Fsp3) is 0.216. The zero-order chi connectivity index (χ0) is 30.4. The summed E-state index contributed by atoms with van der Waals surface area (Å²) in [4.78, 5) is 16.6. The first-order chi connectivity index (χ1) is 21.6. The summed E-state index contributed by atoms with van der Waals surface area (Å²) in [6.07, 6.45) is 1.85. The Kier molecular flexibility index (Phi) is 9.15. The molecule has 0 saturated carbocycles. The van der Waals surface area contributed by atoms with E-state index in [2.05, 4.69) is 107 Å². The predicted octanol–water partition coefficient (Wildman–Crippen LogP) is 9.65. The van der Waals surface area contributed by atoms with E-state index in [1.165, 1.54) is 4.88 Å². The van der Waals surface area contributed by atoms with Gasteiger partial charge in [0.2, 0.25) is 0 Å². The number of urea groups is 1. The molecule has 0 aliphatic rings. The predicted molar refractivity (Wildman–Crippen MR) is 183 cm³/mol. The van der Waals surface area contributed by atoms with Gasteiger partial charge in [-0.15, -0.1) is 22.7 Å². The molecular weight excluding hydrogens is 585 g/mol. The Hall–Kier alpha value is -4.33. The van der Waals surface area contributed by atoms with Crippen molar-refractivity contribution in [3.05, 3.63) is 130 Å². The molecular formula is C37H36N2O3S2. The van der Waals surface area contributed by atoms with Crippen LogP contribution in [-0.2, 0) is 5.60 Å². The number of hydrogen-bond donors (Lipinski definition) is 1. The van der Waals surface area contributed by atoms with E-state index in [4.69, 9.17) is 9.47 Å². The van der Waals surface area contributed by atoms with Crippen molar-refractivity contribution in [2.24, 2.45) is 0 Å². The Balaban J connectivity index is 1.38. The van der Waals surface area contributed by atoms with Gasteiger partial charge in [-0.3, -0.25) is 0 Å². The number of rotatable bonds is 12. The summed E-state index contributed by atoms with van der Waals surface area (Å²) >= 11 is 3.40. The second-order valence-electron chi connectivity index (χ2n) is 10.9. The Morgan fingerprint density at radius 2 is 1.41 bits per heavy atom. The van der Waals surface area contributed by atoms with Crippen LogP contribution in [0.25, 0.3) is 21.5 Å². The van der Waals surface area contributed by atoms with Crippen LogP contribution in [0.2, 0.25) is 0 Å². The van der Waals surface area contributed by atoms with Gasteiger partial charge in [0.1, 0.15) is 23.2 Å². The number of ether oxygens (including phenoxy) is 2. The molecule has 0 bridgehead atoms. The molecule has 0 fully saturated rings. The molecule has 2 atom stereocenters. The number of carbonyl (C=O) groups excluding carboxylic acids is 1. The van der Waals surface area contributed by atoms with Gasteiger partial charge in [0.25, 0.3) is 0 Å². The van der Waals surface area contributed by atoms with Crippen LogP contribution in [-0.4, -0.2) is 31.6 Å². The van der Waals surface area contributed by atoms with Crippen LogP contribution in [0.1, 0.15) is 35.1 Å². The van der Waals surface area contributed by atoms with Crippen molar-refractivity contribution in [1.29, 1.82) is 0 Å². The SMILES string of the molecule is CNC(=O)N(C)CC[C@@](CC[C@@H](Oc1cccc2ccccc12)c1cccs1)(Oc1cccc2ccccc12)c1cccs1. The number of hydrogen-bond acceptors (Lipinski definition) is 5. The second kappa shape index (κ2) is 13.5. The molecule has 0 unspecified atom stereocenters. The Morgan fingerprint density at radius 3 is 2.07 bits per heavy atom. The second-order valence-corrected chi connectivity index (χ2v) is 12.8. The van der Waals surface area contributed by atoms with Gasteiger partial charge in [0.15, 0.2) is 0 Å². The summed E-state index contributed by atoms with van der Waals surface area (Å²) in [6, 6.07) is 37.4. The van der Waals surface area contributed by atoms with Crippen LogP contribution in [0.3, 0.4) is 0 Å². The van der Waals surface area contributed by atoms with Gasteiger partial charge in [-0.1, -0.05) is 84.9 Å². The molecule has 4 aromatic carbocycles.